The average molecular weight is 402 g/mol. The Morgan fingerprint density at radius 3 is 2.68 bits per heavy atom. The van der Waals surface area contributed by atoms with E-state index in [4.69, 9.17) is 21.4 Å². The quantitative estimate of drug-likeness (QED) is 0.658. The fourth-order valence-electron chi connectivity index (χ4n) is 2.58. The molecule has 1 amide bonds. The van der Waals surface area contributed by atoms with Gasteiger partial charge >= 0.3 is 6.09 Å². The molecule has 1 aromatic heterocycles. The van der Waals surface area contributed by atoms with E-state index in [2.05, 4.69) is 20.8 Å². The van der Waals surface area contributed by atoms with E-state index in [1.54, 1.807) is 35.9 Å². The predicted molar refractivity (Wildman–Crippen MR) is 105 cm³/mol. The van der Waals surface area contributed by atoms with Gasteiger partial charge in [-0.15, -0.1) is 5.10 Å². The second kappa shape index (κ2) is 8.81. The second-order valence-electron chi connectivity index (χ2n) is 6.20. The van der Waals surface area contributed by atoms with Crippen LogP contribution < -0.4 is 10.1 Å². The van der Waals surface area contributed by atoms with Crippen LogP contribution in [0.1, 0.15) is 19.7 Å². The van der Waals surface area contributed by atoms with E-state index in [1.807, 2.05) is 25.1 Å². The van der Waals surface area contributed by atoms with Gasteiger partial charge < -0.3 is 15.2 Å². The normalized spacial score (nSPS) is 11.9. The lowest BCUT2D eigenvalue weighted by Crippen LogP contribution is -2.37. The lowest BCUT2D eigenvalue weighted by molar-refractivity contribution is 0.186. The van der Waals surface area contributed by atoms with Crippen LogP contribution in [0.15, 0.2) is 42.5 Å². The van der Waals surface area contributed by atoms with Gasteiger partial charge in [0.1, 0.15) is 5.75 Å². The van der Waals surface area contributed by atoms with Crippen molar-refractivity contribution in [2.45, 2.75) is 26.3 Å². The molecule has 9 heteroatoms. The number of nitrogens with one attached hydrogen (secondary N) is 1. The lowest BCUT2D eigenvalue weighted by Gasteiger charge is -2.13. The van der Waals surface area contributed by atoms with E-state index in [1.165, 1.54) is 0 Å². The van der Waals surface area contributed by atoms with Crippen LogP contribution >= 0.6 is 11.6 Å². The number of tetrazole rings is 1. The number of ether oxygens (including phenoxy) is 1. The summed E-state index contributed by atoms with van der Waals surface area (Å²) < 4.78 is 7.01. The van der Waals surface area contributed by atoms with Crippen molar-refractivity contribution in [3.63, 3.8) is 0 Å². The summed E-state index contributed by atoms with van der Waals surface area (Å²) in [5.41, 5.74) is 2.36. The molecule has 0 spiro atoms. The second-order valence-corrected chi connectivity index (χ2v) is 6.64. The zero-order valence-corrected chi connectivity index (χ0v) is 16.2. The monoisotopic (exact) mass is 401 g/mol. The van der Waals surface area contributed by atoms with Gasteiger partial charge in [-0.25, -0.2) is 4.79 Å². The lowest BCUT2D eigenvalue weighted by atomic mass is 10.0. The molecular weight excluding hydrogens is 382 g/mol. The molecule has 0 radical (unpaired) electrons. The molecule has 0 saturated carbocycles. The van der Waals surface area contributed by atoms with Crippen LogP contribution in [0.3, 0.4) is 0 Å². The molecule has 1 atom stereocenters. The van der Waals surface area contributed by atoms with Crippen LogP contribution in [-0.4, -0.2) is 44.1 Å². The summed E-state index contributed by atoms with van der Waals surface area (Å²) in [5.74, 6) is 1.00. The zero-order chi connectivity index (χ0) is 20.1. The van der Waals surface area contributed by atoms with Crippen LogP contribution in [0.25, 0.3) is 16.8 Å². The van der Waals surface area contributed by atoms with Crippen molar-refractivity contribution in [2.75, 3.05) is 6.61 Å². The summed E-state index contributed by atoms with van der Waals surface area (Å²) >= 11 is 5.98. The van der Waals surface area contributed by atoms with Gasteiger partial charge in [-0.1, -0.05) is 30.7 Å². The first-order chi connectivity index (χ1) is 13.5. The highest BCUT2D eigenvalue weighted by Gasteiger charge is 2.14. The minimum atomic E-state index is -0.659. The molecule has 1 unspecified atom stereocenters. The number of aliphatic hydroxyl groups is 1. The van der Waals surface area contributed by atoms with Crippen molar-refractivity contribution in [1.29, 1.82) is 0 Å². The molecule has 8 nitrogen and oxygen atoms in total. The Hall–Kier alpha value is -2.97. The minimum absolute atomic E-state index is 0.185. The smallest absolute Gasteiger partial charge is 0.410 e. The van der Waals surface area contributed by atoms with Crippen molar-refractivity contribution in [1.82, 2.24) is 25.5 Å². The first kappa shape index (κ1) is 19.8. The van der Waals surface area contributed by atoms with Crippen molar-refractivity contribution in [2.24, 2.45) is 0 Å². The van der Waals surface area contributed by atoms with Crippen molar-refractivity contribution in [3.8, 4) is 22.6 Å². The molecule has 0 aliphatic rings. The van der Waals surface area contributed by atoms with E-state index in [-0.39, 0.29) is 6.61 Å². The summed E-state index contributed by atoms with van der Waals surface area (Å²) in [6, 6.07) is 12.2. The Morgan fingerprint density at radius 1 is 1.25 bits per heavy atom. The highest BCUT2D eigenvalue weighted by atomic mass is 35.5. The van der Waals surface area contributed by atoms with Gasteiger partial charge in [-0.05, 0) is 52.7 Å². The number of aliphatic hydroxyl groups excluding tert-OH is 1. The standard InChI is InChI=1S/C19H20ClN5O3/c1-3-18-22-23-24-25(18)16-8-14(13-4-6-15(20)7-5-13)9-17(10-16)28-19(27)21-12(2)11-26/h4-10,12,26H,3,11H2,1-2H3,(H,21,27). The summed E-state index contributed by atoms with van der Waals surface area (Å²) in [4.78, 5) is 12.1. The summed E-state index contributed by atoms with van der Waals surface area (Å²) in [6.07, 6.45) is -0.0174. The average Bonchev–Trinajstić information content (AvgIpc) is 3.17. The fourth-order valence-corrected chi connectivity index (χ4v) is 2.71. The molecule has 0 fully saturated rings. The van der Waals surface area contributed by atoms with Gasteiger partial charge in [0.05, 0.1) is 18.3 Å². The third kappa shape index (κ3) is 4.65. The summed E-state index contributed by atoms with van der Waals surface area (Å²) in [6.45, 7) is 3.44. The maximum Gasteiger partial charge on any atom is 0.412 e. The molecule has 0 aliphatic heterocycles. The molecule has 3 rings (SSSR count). The summed E-state index contributed by atoms with van der Waals surface area (Å²) in [7, 11) is 0. The van der Waals surface area contributed by atoms with E-state index >= 15 is 0 Å². The maximum absolute atomic E-state index is 12.1. The maximum atomic E-state index is 12.1. The Labute approximate surface area is 167 Å². The van der Waals surface area contributed by atoms with Crippen LogP contribution in [0, 0.1) is 0 Å². The van der Waals surface area contributed by atoms with Crippen molar-refractivity contribution < 1.29 is 14.6 Å². The van der Waals surface area contributed by atoms with Crippen LogP contribution in [0.4, 0.5) is 4.79 Å². The third-order valence-corrected chi connectivity index (χ3v) is 4.26. The largest absolute Gasteiger partial charge is 0.412 e. The molecule has 28 heavy (non-hydrogen) atoms. The molecule has 1 heterocycles. The predicted octanol–water partition coefficient (Wildman–Crippen LogP) is 3.01. The van der Waals surface area contributed by atoms with Crippen molar-refractivity contribution in [3.05, 3.63) is 53.3 Å². The van der Waals surface area contributed by atoms with Gasteiger partial charge in [0.15, 0.2) is 5.82 Å². The van der Waals surface area contributed by atoms with E-state index < -0.39 is 12.1 Å². The number of hydrogen-bond donors (Lipinski definition) is 2. The molecule has 2 aromatic carbocycles. The van der Waals surface area contributed by atoms with Gasteiger partial charge in [0.2, 0.25) is 0 Å². The van der Waals surface area contributed by atoms with Crippen LogP contribution in [0.5, 0.6) is 5.75 Å². The van der Waals surface area contributed by atoms with Gasteiger partial charge in [0, 0.05) is 17.5 Å². The van der Waals surface area contributed by atoms with Gasteiger partial charge in [-0.2, -0.15) is 4.68 Å². The van der Waals surface area contributed by atoms with E-state index in [0.717, 1.165) is 11.1 Å². The highest BCUT2D eigenvalue weighted by Crippen LogP contribution is 2.29. The highest BCUT2D eigenvalue weighted by molar-refractivity contribution is 6.30. The van der Waals surface area contributed by atoms with Crippen molar-refractivity contribution >= 4 is 17.7 Å². The van der Waals surface area contributed by atoms with E-state index in [9.17, 15) is 4.79 Å². The first-order valence-corrected chi connectivity index (χ1v) is 9.15. The third-order valence-electron chi connectivity index (χ3n) is 4.01. The number of carbonyl (C=O) groups excluding carboxylic acids is 1. The molecule has 3 aromatic rings. The molecule has 0 aliphatic carbocycles. The molecular formula is C19H20ClN5O3. The number of halogens is 1. The Bertz CT molecular complexity index is 958. The fraction of sp³-hybridized carbons (Fsp3) is 0.263. The number of rotatable bonds is 6. The summed E-state index contributed by atoms with van der Waals surface area (Å²) in [5, 5.41) is 24.0. The number of carbonyl (C=O) groups is 1. The number of nitrogens with zero attached hydrogens (tertiary/aromatic N) is 4. The molecule has 2 N–H and O–H groups in total. The number of amides is 1. The number of benzene rings is 2. The molecule has 146 valence electrons. The van der Waals surface area contributed by atoms with Gasteiger partial charge in [0.25, 0.3) is 0 Å². The van der Waals surface area contributed by atoms with Crippen LogP contribution in [-0.2, 0) is 6.42 Å². The zero-order valence-electron chi connectivity index (χ0n) is 15.5. The topological polar surface area (TPSA) is 102 Å². The van der Waals surface area contributed by atoms with Gasteiger partial charge in [-0.3, -0.25) is 0 Å². The minimum Gasteiger partial charge on any atom is -0.410 e. The molecule has 0 saturated heterocycles. The molecule has 0 bridgehead atoms. The Kier molecular flexibility index (Phi) is 6.23. The first-order valence-electron chi connectivity index (χ1n) is 8.78. The Morgan fingerprint density at radius 2 is 2.00 bits per heavy atom. The van der Waals surface area contributed by atoms with Crippen LogP contribution in [0.2, 0.25) is 5.02 Å². The number of hydrogen-bond acceptors (Lipinski definition) is 6. The van der Waals surface area contributed by atoms with E-state index in [0.29, 0.717) is 28.7 Å². The Balaban J connectivity index is 2.01. The number of aryl methyl sites for hydroxylation is 1. The SMILES string of the molecule is CCc1nnnn1-c1cc(OC(=O)NC(C)CO)cc(-c2ccc(Cl)cc2)c1. The number of aromatic nitrogens is 4.